The summed E-state index contributed by atoms with van der Waals surface area (Å²) in [5, 5.41) is 4.52. The first kappa shape index (κ1) is 28.5. The highest BCUT2D eigenvalue weighted by Crippen LogP contribution is 2.47. The van der Waals surface area contributed by atoms with E-state index in [2.05, 4.69) is 82.4 Å². The van der Waals surface area contributed by atoms with Gasteiger partial charge in [-0.2, -0.15) is 0 Å². The van der Waals surface area contributed by atoms with Crippen LogP contribution in [0.1, 0.15) is 55.6 Å². The smallest absolute Gasteiger partial charge is 0.222 e. The molecule has 0 bridgehead atoms. The lowest BCUT2D eigenvalue weighted by Gasteiger charge is -2.41. The molecule has 0 saturated carbocycles. The van der Waals surface area contributed by atoms with Gasteiger partial charge in [-0.05, 0) is 113 Å². The lowest BCUT2D eigenvalue weighted by Crippen LogP contribution is -2.45. The van der Waals surface area contributed by atoms with E-state index in [0.717, 1.165) is 95.7 Å². The number of benzene rings is 2. The van der Waals surface area contributed by atoms with Crippen molar-refractivity contribution in [1.82, 2.24) is 20.2 Å². The van der Waals surface area contributed by atoms with Gasteiger partial charge in [0.05, 0.1) is 17.1 Å². The van der Waals surface area contributed by atoms with Crippen molar-refractivity contribution < 1.29 is 4.79 Å². The molecule has 2 N–H and O–H groups in total. The Kier molecular flexibility index (Phi) is 8.14. The highest BCUT2D eigenvalue weighted by molar-refractivity contribution is 9.12. The fourth-order valence-electron chi connectivity index (χ4n) is 7.64. The molecular weight excluding hydrogens is 678 g/mol. The van der Waals surface area contributed by atoms with Crippen LogP contribution in [0.3, 0.4) is 0 Å². The summed E-state index contributed by atoms with van der Waals surface area (Å²) in [5.74, 6) is 2.53. The Balaban J connectivity index is 0.986. The predicted octanol–water partition coefficient (Wildman–Crippen LogP) is 7.69. The quantitative estimate of drug-likeness (QED) is 0.291. The Morgan fingerprint density at radius 3 is 2.60 bits per heavy atom. The van der Waals surface area contributed by atoms with Crippen molar-refractivity contribution in [3.8, 4) is 0 Å². The van der Waals surface area contributed by atoms with Crippen molar-refractivity contribution in [1.29, 1.82) is 0 Å². The van der Waals surface area contributed by atoms with Crippen LogP contribution in [0, 0.1) is 11.8 Å². The van der Waals surface area contributed by atoms with Crippen LogP contribution < -0.4 is 10.2 Å². The number of nitrogens with zero attached hydrogens (tertiary/aromatic N) is 3. The molecule has 9 heteroatoms. The Labute approximate surface area is 269 Å². The zero-order chi connectivity index (χ0) is 28.8. The maximum atomic E-state index is 13.5. The molecule has 1 amide bonds. The van der Waals surface area contributed by atoms with Gasteiger partial charge in [0.25, 0.3) is 0 Å². The average Bonchev–Trinajstić information content (AvgIpc) is 3.36. The fraction of sp³-hybridized carbons (Fsp3) is 0.455. The predicted molar refractivity (Wildman–Crippen MR) is 177 cm³/mol. The lowest BCUT2D eigenvalue weighted by atomic mass is 9.73. The standard InChI is InChI=1S/C33H36Br2ClN5O/c34-24-16-23-6-5-22-17-25(36)18-26(35)30(22)31(32(23)37-19-24)21-9-13-40(14-10-21)29(42)15-20-7-11-41(12-8-20)33-38-27-3-1-2-4-28(27)39-33/h1-4,16-21,31-32,37H,5-15H2,(H,38,39). The van der Waals surface area contributed by atoms with E-state index in [1.807, 2.05) is 18.2 Å². The zero-order valence-electron chi connectivity index (χ0n) is 23.6. The van der Waals surface area contributed by atoms with Crippen molar-refractivity contribution in [2.75, 3.05) is 31.1 Å². The van der Waals surface area contributed by atoms with Gasteiger partial charge in [0, 0.05) is 58.7 Å². The summed E-state index contributed by atoms with van der Waals surface area (Å²) in [6, 6.07) is 12.6. The molecule has 4 aliphatic rings. The van der Waals surface area contributed by atoms with E-state index in [1.54, 1.807) is 0 Å². The molecule has 0 radical (unpaired) electrons. The number of carbonyl (C=O) groups excluding carboxylic acids is 1. The van der Waals surface area contributed by atoms with Crippen LogP contribution in [0.2, 0.25) is 5.02 Å². The minimum absolute atomic E-state index is 0.259. The van der Waals surface area contributed by atoms with Gasteiger partial charge in [-0.15, -0.1) is 0 Å². The molecule has 1 aromatic heterocycles. The van der Waals surface area contributed by atoms with Crippen molar-refractivity contribution in [2.45, 2.75) is 56.9 Å². The zero-order valence-corrected chi connectivity index (χ0v) is 27.5. The Hall–Kier alpha value is -2.29. The molecule has 2 unspecified atom stereocenters. The summed E-state index contributed by atoms with van der Waals surface area (Å²) >= 11 is 14.1. The molecule has 42 heavy (non-hydrogen) atoms. The molecular formula is C33H36Br2ClN5O. The van der Waals surface area contributed by atoms with Gasteiger partial charge in [0.1, 0.15) is 0 Å². The normalized spacial score (nSPS) is 23.5. The van der Waals surface area contributed by atoms with Crippen LogP contribution in [0.15, 0.2) is 63.2 Å². The minimum Gasteiger partial charge on any atom is -0.383 e. The minimum atomic E-state index is 0.259. The number of aromatic amines is 1. The Morgan fingerprint density at radius 1 is 1.02 bits per heavy atom. The summed E-state index contributed by atoms with van der Waals surface area (Å²) in [7, 11) is 0. The van der Waals surface area contributed by atoms with Gasteiger partial charge in [0.2, 0.25) is 11.9 Å². The van der Waals surface area contributed by atoms with Gasteiger partial charge >= 0.3 is 0 Å². The number of carbonyl (C=O) groups is 1. The number of hydrogen-bond acceptors (Lipinski definition) is 4. The molecule has 4 heterocycles. The molecule has 2 fully saturated rings. The first-order valence-corrected chi connectivity index (χ1v) is 17.2. The second-order valence-electron chi connectivity index (χ2n) is 12.3. The fourth-order valence-corrected chi connectivity index (χ4v) is 9.21. The number of dihydropyridines is 1. The number of likely N-dealkylation sites (tertiary alicyclic amines) is 1. The monoisotopic (exact) mass is 711 g/mol. The van der Waals surface area contributed by atoms with Gasteiger partial charge < -0.3 is 20.1 Å². The maximum Gasteiger partial charge on any atom is 0.222 e. The number of rotatable bonds is 4. The van der Waals surface area contributed by atoms with Crippen molar-refractivity contribution in [3.05, 3.63) is 79.4 Å². The number of H-pyrrole nitrogens is 1. The number of anilines is 1. The molecule has 2 atom stereocenters. The average molecular weight is 714 g/mol. The van der Waals surface area contributed by atoms with E-state index in [9.17, 15) is 4.79 Å². The van der Waals surface area contributed by atoms with Crippen LogP contribution in [0.4, 0.5) is 5.95 Å². The summed E-state index contributed by atoms with van der Waals surface area (Å²) in [6.07, 6.45) is 11.1. The second kappa shape index (κ2) is 12.0. The maximum absolute atomic E-state index is 13.5. The summed E-state index contributed by atoms with van der Waals surface area (Å²) in [6.45, 7) is 3.55. The molecule has 2 saturated heterocycles. The molecule has 1 aliphatic carbocycles. The van der Waals surface area contributed by atoms with E-state index in [1.165, 1.54) is 16.7 Å². The molecule has 0 spiro atoms. The molecule has 6 nitrogen and oxygen atoms in total. The Bertz CT molecular complexity index is 1520. The van der Waals surface area contributed by atoms with Crippen LogP contribution >= 0.6 is 43.5 Å². The largest absolute Gasteiger partial charge is 0.383 e. The number of fused-ring (bicyclic) bond motifs is 3. The van der Waals surface area contributed by atoms with E-state index in [4.69, 9.17) is 16.6 Å². The Morgan fingerprint density at radius 2 is 1.81 bits per heavy atom. The van der Waals surface area contributed by atoms with E-state index < -0.39 is 0 Å². The first-order valence-electron chi connectivity index (χ1n) is 15.2. The number of aromatic nitrogens is 2. The number of aryl methyl sites for hydroxylation is 1. The summed E-state index contributed by atoms with van der Waals surface area (Å²) < 4.78 is 2.21. The summed E-state index contributed by atoms with van der Waals surface area (Å²) in [5.41, 5.74) is 6.27. The number of halogens is 3. The van der Waals surface area contributed by atoms with Gasteiger partial charge in [0.15, 0.2) is 0 Å². The van der Waals surface area contributed by atoms with Gasteiger partial charge in [-0.25, -0.2) is 4.98 Å². The third kappa shape index (κ3) is 5.67. The van der Waals surface area contributed by atoms with E-state index in [-0.39, 0.29) is 6.04 Å². The topological polar surface area (TPSA) is 64.3 Å². The second-order valence-corrected chi connectivity index (χ2v) is 14.5. The highest BCUT2D eigenvalue weighted by Gasteiger charge is 2.40. The van der Waals surface area contributed by atoms with Crippen LogP contribution in [-0.4, -0.2) is 53.0 Å². The van der Waals surface area contributed by atoms with E-state index in [0.29, 0.717) is 30.1 Å². The summed E-state index contributed by atoms with van der Waals surface area (Å²) in [4.78, 5) is 26.2. The van der Waals surface area contributed by atoms with Crippen LogP contribution in [0.25, 0.3) is 11.0 Å². The molecule has 3 aliphatic heterocycles. The number of hydrogen-bond donors (Lipinski definition) is 2. The van der Waals surface area contributed by atoms with Gasteiger partial charge in [-0.1, -0.05) is 39.7 Å². The number of para-hydroxylation sites is 2. The highest BCUT2D eigenvalue weighted by atomic mass is 79.9. The molecule has 3 aromatic rings. The molecule has 7 rings (SSSR count). The number of allylic oxidation sites excluding steroid dienone is 2. The number of amides is 1. The number of nitrogens with one attached hydrogen (secondary N) is 2. The van der Waals surface area contributed by atoms with Crippen molar-refractivity contribution >= 4 is 66.3 Å². The molecule has 220 valence electrons. The number of piperidine rings is 2. The lowest BCUT2D eigenvalue weighted by molar-refractivity contribution is -0.133. The first-order chi connectivity index (χ1) is 20.4. The third-order valence-electron chi connectivity index (χ3n) is 9.83. The van der Waals surface area contributed by atoms with Gasteiger partial charge in [-0.3, -0.25) is 4.79 Å². The van der Waals surface area contributed by atoms with Crippen LogP contribution in [0.5, 0.6) is 0 Å². The molecule has 2 aromatic carbocycles. The van der Waals surface area contributed by atoms with E-state index >= 15 is 0 Å². The third-order valence-corrected chi connectivity index (χ3v) is 11.2. The van der Waals surface area contributed by atoms with Crippen molar-refractivity contribution in [2.24, 2.45) is 11.8 Å². The van der Waals surface area contributed by atoms with Crippen molar-refractivity contribution in [3.63, 3.8) is 0 Å². The number of imidazole rings is 1. The SMILES string of the molecule is O=C(CC1CCN(c2nc3ccccc3[nH]2)CC1)N1CCC(C2c3c(Br)cc(Cl)cc3CCC3=CC(Br)=CNC32)CC1. The van der Waals surface area contributed by atoms with Crippen LogP contribution in [-0.2, 0) is 11.2 Å².